The zero-order valence-electron chi connectivity index (χ0n) is 12.4. The predicted molar refractivity (Wildman–Crippen MR) is 78.5 cm³/mol. The first-order chi connectivity index (χ1) is 8.77. The lowest BCUT2D eigenvalue weighted by molar-refractivity contribution is -0.0466. The number of hydrogen-bond acceptors (Lipinski definition) is 2. The average Bonchev–Trinajstić information content (AvgIpc) is 2.34. The Morgan fingerprint density at radius 2 is 0.889 bits per heavy atom. The van der Waals surface area contributed by atoms with Crippen molar-refractivity contribution in [1.29, 1.82) is 0 Å². The van der Waals surface area contributed by atoms with Gasteiger partial charge in [-0.15, -0.1) is 0 Å². The standard InChI is InChI=1S/C16H34O2/c1-2-3-4-5-6-7-8-9-10-11-12-13-14-15-16(17)18/h16-18H,2-15H2,1H3. The van der Waals surface area contributed by atoms with Crippen molar-refractivity contribution in [3.63, 3.8) is 0 Å². The van der Waals surface area contributed by atoms with Gasteiger partial charge in [-0.1, -0.05) is 84.0 Å². The molecule has 2 nitrogen and oxygen atoms in total. The lowest BCUT2D eigenvalue weighted by Crippen LogP contribution is -2.02. The summed E-state index contributed by atoms with van der Waals surface area (Å²) in [6.45, 7) is 2.27. The summed E-state index contributed by atoms with van der Waals surface area (Å²) in [7, 11) is 0. The van der Waals surface area contributed by atoms with Crippen LogP contribution in [0.5, 0.6) is 0 Å². The fourth-order valence-electron chi connectivity index (χ4n) is 2.34. The number of aliphatic hydroxyl groups excluding tert-OH is 1. The van der Waals surface area contributed by atoms with Crippen molar-refractivity contribution in [2.45, 2.75) is 103 Å². The van der Waals surface area contributed by atoms with Crippen LogP contribution >= 0.6 is 0 Å². The number of rotatable bonds is 14. The van der Waals surface area contributed by atoms with Gasteiger partial charge in [0.25, 0.3) is 0 Å². The fraction of sp³-hybridized carbons (Fsp3) is 1.00. The molecule has 0 radical (unpaired) electrons. The monoisotopic (exact) mass is 258 g/mol. The predicted octanol–water partition coefficient (Wildman–Crippen LogP) is 4.78. The molecule has 0 atom stereocenters. The summed E-state index contributed by atoms with van der Waals surface area (Å²) in [6, 6.07) is 0. The first-order valence-electron chi connectivity index (χ1n) is 8.13. The molecular formula is C16H34O2. The van der Waals surface area contributed by atoms with Crippen molar-refractivity contribution in [1.82, 2.24) is 0 Å². The van der Waals surface area contributed by atoms with Gasteiger partial charge < -0.3 is 10.2 Å². The highest BCUT2D eigenvalue weighted by Crippen LogP contribution is 2.13. The molecule has 0 amide bonds. The van der Waals surface area contributed by atoms with E-state index in [4.69, 9.17) is 10.2 Å². The van der Waals surface area contributed by atoms with Crippen molar-refractivity contribution in [2.75, 3.05) is 0 Å². The molecule has 0 aromatic heterocycles. The minimum absolute atomic E-state index is 0.539. The van der Waals surface area contributed by atoms with Gasteiger partial charge in [0.05, 0.1) is 0 Å². The Balaban J connectivity index is 2.90. The second-order valence-corrected chi connectivity index (χ2v) is 5.51. The van der Waals surface area contributed by atoms with Crippen molar-refractivity contribution in [3.05, 3.63) is 0 Å². The minimum atomic E-state index is -1.10. The molecule has 0 aliphatic heterocycles. The zero-order valence-corrected chi connectivity index (χ0v) is 12.4. The van der Waals surface area contributed by atoms with Crippen LogP contribution in [-0.4, -0.2) is 16.5 Å². The van der Waals surface area contributed by atoms with Gasteiger partial charge >= 0.3 is 0 Å². The van der Waals surface area contributed by atoms with E-state index in [1.165, 1.54) is 70.6 Å². The van der Waals surface area contributed by atoms with Crippen LogP contribution in [0.1, 0.15) is 96.8 Å². The molecule has 0 aromatic rings. The van der Waals surface area contributed by atoms with E-state index in [0.29, 0.717) is 6.42 Å². The Morgan fingerprint density at radius 1 is 0.556 bits per heavy atom. The summed E-state index contributed by atoms with van der Waals surface area (Å²) < 4.78 is 0. The highest BCUT2D eigenvalue weighted by Gasteiger charge is 1.97. The Morgan fingerprint density at radius 3 is 1.22 bits per heavy atom. The van der Waals surface area contributed by atoms with Crippen molar-refractivity contribution in [2.24, 2.45) is 0 Å². The third-order valence-corrected chi connectivity index (χ3v) is 3.57. The van der Waals surface area contributed by atoms with E-state index in [9.17, 15) is 0 Å². The Labute approximate surface area is 114 Å². The summed E-state index contributed by atoms with van der Waals surface area (Å²) in [5, 5.41) is 17.4. The van der Waals surface area contributed by atoms with E-state index < -0.39 is 6.29 Å². The van der Waals surface area contributed by atoms with E-state index in [1.54, 1.807) is 0 Å². The second kappa shape index (κ2) is 15.0. The van der Waals surface area contributed by atoms with E-state index >= 15 is 0 Å². The molecule has 2 heteroatoms. The van der Waals surface area contributed by atoms with E-state index in [1.807, 2.05) is 0 Å². The smallest absolute Gasteiger partial charge is 0.151 e. The zero-order chi connectivity index (χ0) is 13.5. The van der Waals surface area contributed by atoms with Gasteiger partial charge in [0.1, 0.15) is 0 Å². The molecule has 0 saturated heterocycles. The Bertz CT molecular complexity index is 146. The minimum Gasteiger partial charge on any atom is -0.368 e. The third-order valence-electron chi connectivity index (χ3n) is 3.57. The number of aliphatic hydroxyl groups is 2. The molecule has 0 spiro atoms. The molecule has 18 heavy (non-hydrogen) atoms. The number of unbranched alkanes of at least 4 members (excludes halogenated alkanes) is 12. The molecule has 0 saturated carbocycles. The van der Waals surface area contributed by atoms with Gasteiger partial charge in [0.2, 0.25) is 0 Å². The van der Waals surface area contributed by atoms with Gasteiger partial charge in [-0.05, 0) is 12.8 Å². The van der Waals surface area contributed by atoms with Crippen LogP contribution in [0.2, 0.25) is 0 Å². The molecule has 110 valence electrons. The van der Waals surface area contributed by atoms with Crippen molar-refractivity contribution >= 4 is 0 Å². The normalized spacial score (nSPS) is 11.3. The van der Waals surface area contributed by atoms with Crippen LogP contribution < -0.4 is 0 Å². The van der Waals surface area contributed by atoms with Gasteiger partial charge in [-0.25, -0.2) is 0 Å². The molecule has 0 aliphatic carbocycles. The van der Waals surface area contributed by atoms with Crippen molar-refractivity contribution in [3.8, 4) is 0 Å². The Hall–Kier alpha value is -0.0800. The summed E-state index contributed by atoms with van der Waals surface area (Å²) in [5.74, 6) is 0. The molecule has 0 heterocycles. The SMILES string of the molecule is CCCCCCCCCCCCCCCC(O)O. The lowest BCUT2D eigenvalue weighted by Gasteiger charge is -2.04. The quantitative estimate of drug-likeness (QED) is 0.348. The molecule has 0 rings (SSSR count). The topological polar surface area (TPSA) is 40.5 Å². The van der Waals surface area contributed by atoms with Crippen LogP contribution in [0.3, 0.4) is 0 Å². The fourth-order valence-corrected chi connectivity index (χ4v) is 2.34. The molecule has 2 N–H and O–H groups in total. The van der Waals surface area contributed by atoms with Crippen molar-refractivity contribution < 1.29 is 10.2 Å². The summed E-state index contributed by atoms with van der Waals surface area (Å²) in [6.07, 6.45) is 16.7. The maximum Gasteiger partial charge on any atom is 0.151 e. The molecular weight excluding hydrogens is 224 g/mol. The molecule has 0 aromatic carbocycles. The molecule has 0 aliphatic rings. The van der Waals surface area contributed by atoms with Gasteiger partial charge in [-0.3, -0.25) is 0 Å². The van der Waals surface area contributed by atoms with Crippen LogP contribution in [0.25, 0.3) is 0 Å². The van der Waals surface area contributed by atoms with Crippen LogP contribution in [0.15, 0.2) is 0 Å². The van der Waals surface area contributed by atoms with Gasteiger partial charge in [0, 0.05) is 0 Å². The first-order valence-corrected chi connectivity index (χ1v) is 8.13. The largest absolute Gasteiger partial charge is 0.368 e. The third kappa shape index (κ3) is 15.9. The summed E-state index contributed by atoms with van der Waals surface area (Å²) in [4.78, 5) is 0. The summed E-state index contributed by atoms with van der Waals surface area (Å²) in [5.41, 5.74) is 0. The first kappa shape index (κ1) is 17.9. The maximum absolute atomic E-state index is 8.69. The van der Waals surface area contributed by atoms with Crippen LogP contribution in [-0.2, 0) is 0 Å². The van der Waals surface area contributed by atoms with Crippen LogP contribution in [0.4, 0.5) is 0 Å². The Kier molecular flexibility index (Phi) is 14.9. The highest BCUT2D eigenvalue weighted by molar-refractivity contribution is 4.49. The summed E-state index contributed by atoms with van der Waals surface area (Å²) >= 11 is 0. The van der Waals surface area contributed by atoms with Gasteiger partial charge in [0.15, 0.2) is 6.29 Å². The van der Waals surface area contributed by atoms with Gasteiger partial charge in [-0.2, -0.15) is 0 Å². The molecule has 0 bridgehead atoms. The molecule has 0 fully saturated rings. The van der Waals surface area contributed by atoms with E-state index in [0.717, 1.165) is 12.8 Å². The second-order valence-electron chi connectivity index (χ2n) is 5.51. The molecule has 0 unspecified atom stereocenters. The van der Waals surface area contributed by atoms with E-state index in [-0.39, 0.29) is 0 Å². The maximum atomic E-state index is 8.69. The number of hydrogen-bond donors (Lipinski definition) is 2. The lowest BCUT2D eigenvalue weighted by atomic mass is 10.0. The van der Waals surface area contributed by atoms with Crippen LogP contribution in [0, 0.1) is 0 Å². The highest BCUT2D eigenvalue weighted by atomic mass is 16.5. The average molecular weight is 258 g/mol. The van der Waals surface area contributed by atoms with E-state index in [2.05, 4.69) is 6.92 Å².